The van der Waals surface area contributed by atoms with Gasteiger partial charge in [-0.2, -0.15) is 0 Å². The van der Waals surface area contributed by atoms with Crippen LogP contribution in [0.2, 0.25) is 5.02 Å². The van der Waals surface area contributed by atoms with Crippen molar-refractivity contribution < 1.29 is 23.8 Å². The summed E-state index contributed by atoms with van der Waals surface area (Å²) in [4.78, 5) is 31.9. The lowest BCUT2D eigenvalue weighted by molar-refractivity contribution is -0.0586. The van der Waals surface area contributed by atoms with Crippen LogP contribution in [0.4, 0.5) is 9.59 Å². The minimum Gasteiger partial charge on any atom is -0.444 e. The van der Waals surface area contributed by atoms with E-state index in [4.69, 9.17) is 25.8 Å². The van der Waals surface area contributed by atoms with Crippen LogP contribution < -0.4 is 0 Å². The second-order valence-electron chi connectivity index (χ2n) is 10.5. The molecule has 34 heavy (non-hydrogen) atoms. The number of benzene rings is 1. The van der Waals surface area contributed by atoms with Gasteiger partial charge in [-0.15, -0.1) is 0 Å². The van der Waals surface area contributed by atoms with Gasteiger partial charge in [-0.3, -0.25) is 4.90 Å². The van der Waals surface area contributed by atoms with Crippen LogP contribution in [0.1, 0.15) is 57.4 Å². The molecule has 2 unspecified atom stereocenters. The van der Waals surface area contributed by atoms with E-state index < -0.39 is 5.60 Å². The molecule has 3 aliphatic heterocycles. The Morgan fingerprint density at radius 2 is 1.79 bits per heavy atom. The number of halogens is 1. The molecule has 0 N–H and O–H groups in total. The molecule has 0 radical (unpaired) electrons. The molecule has 2 fully saturated rings. The van der Waals surface area contributed by atoms with Gasteiger partial charge in [0, 0.05) is 37.7 Å². The molecule has 3 amide bonds. The SMILES string of the molecule is CC1CN(C(=O)N2CCc3cc(Cl)cc([C@@H]4COCCN4C(=O)OC(C)(C)C)c3C2)CC(C)O1. The van der Waals surface area contributed by atoms with E-state index in [-0.39, 0.29) is 30.4 Å². The molecule has 2 saturated heterocycles. The lowest BCUT2D eigenvalue weighted by Crippen LogP contribution is -2.53. The lowest BCUT2D eigenvalue weighted by Gasteiger charge is -2.41. The number of rotatable bonds is 1. The third-order valence-electron chi connectivity index (χ3n) is 6.42. The maximum absolute atomic E-state index is 13.4. The molecular weight excluding hydrogens is 458 g/mol. The van der Waals surface area contributed by atoms with Gasteiger partial charge in [-0.05, 0) is 69.9 Å². The Labute approximate surface area is 207 Å². The Balaban J connectivity index is 1.60. The largest absolute Gasteiger partial charge is 0.444 e. The molecule has 8 nitrogen and oxygen atoms in total. The van der Waals surface area contributed by atoms with Gasteiger partial charge < -0.3 is 24.0 Å². The first-order valence-electron chi connectivity index (χ1n) is 12.1. The summed E-state index contributed by atoms with van der Waals surface area (Å²) in [5.74, 6) is 0. The number of hydrogen-bond donors (Lipinski definition) is 0. The number of carbonyl (C=O) groups excluding carboxylic acids is 2. The van der Waals surface area contributed by atoms with Crippen molar-refractivity contribution in [3.63, 3.8) is 0 Å². The number of hydrogen-bond acceptors (Lipinski definition) is 5. The summed E-state index contributed by atoms with van der Waals surface area (Å²) in [5, 5.41) is 0.624. The van der Waals surface area contributed by atoms with E-state index >= 15 is 0 Å². The zero-order valence-electron chi connectivity index (χ0n) is 20.8. The number of amides is 3. The van der Waals surface area contributed by atoms with E-state index in [1.54, 1.807) is 4.90 Å². The fraction of sp³-hybridized carbons (Fsp3) is 0.680. The quantitative estimate of drug-likeness (QED) is 0.585. The molecule has 3 heterocycles. The van der Waals surface area contributed by atoms with Crippen LogP contribution in [0, 0.1) is 0 Å². The Kier molecular flexibility index (Phi) is 7.31. The van der Waals surface area contributed by atoms with Gasteiger partial charge in [0.25, 0.3) is 0 Å². The number of fused-ring (bicyclic) bond motifs is 1. The van der Waals surface area contributed by atoms with Crippen LogP contribution in [-0.4, -0.2) is 84.0 Å². The molecule has 1 aromatic rings. The summed E-state index contributed by atoms with van der Waals surface area (Å²) in [6, 6.07) is 3.58. The number of morpholine rings is 2. The molecule has 4 rings (SSSR count). The molecule has 3 atom stereocenters. The van der Waals surface area contributed by atoms with Crippen LogP contribution >= 0.6 is 11.6 Å². The fourth-order valence-corrected chi connectivity index (χ4v) is 5.30. The summed E-state index contributed by atoms with van der Waals surface area (Å²) in [6.45, 7) is 13.1. The zero-order valence-corrected chi connectivity index (χ0v) is 21.6. The highest BCUT2D eigenvalue weighted by molar-refractivity contribution is 6.30. The van der Waals surface area contributed by atoms with Crippen molar-refractivity contribution in [1.82, 2.24) is 14.7 Å². The second-order valence-corrected chi connectivity index (χ2v) is 11.0. The minimum absolute atomic E-state index is 0.0147. The standard InChI is InChI=1S/C25H36ClN3O5/c1-16-12-28(13-17(2)33-16)23(30)27-7-6-18-10-19(26)11-20(21(18)14-27)22-15-32-9-8-29(22)24(31)34-25(3,4)5/h10-11,16-17,22H,6-9,12-15H2,1-5H3/t16?,17?,22-/m0/s1. The molecule has 0 aromatic heterocycles. The van der Waals surface area contributed by atoms with E-state index in [0.717, 1.165) is 16.7 Å². The van der Waals surface area contributed by atoms with E-state index in [1.165, 1.54) is 0 Å². The van der Waals surface area contributed by atoms with Crippen LogP contribution in [0.3, 0.4) is 0 Å². The highest BCUT2D eigenvalue weighted by Gasteiger charge is 2.36. The van der Waals surface area contributed by atoms with Crippen LogP contribution in [-0.2, 0) is 27.2 Å². The number of nitrogens with zero attached hydrogens (tertiary/aromatic N) is 3. The highest BCUT2D eigenvalue weighted by Crippen LogP contribution is 2.35. The van der Waals surface area contributed by atoms with E-state index in [1.807, 2.05) is 56.6 Å². The van der Waals surface area contributed by atoms with Crippen LogP contribution in [0.25, 0.3) is 0 Å². The van der Waals surface area contributed by atoms with Crippen molar-refractivity contribution >= 4 is 23.7 Å². The molecule has 3 aliphatic rings. The van der Waals surface area contributed by atoms with E-state index in [0.29, 0.717) is 57.4 Å². The average molecular weight is 494 g/mol. The number of urea groups is 1. The van der Waals surface area contributed by atoms with Crippen LogP contribution in [0.15, 0.2) is 12.1 Å². The van der Waals surface area contributed by atoms with Crippen LogP contribution in [0.5, 0.6) is 0 Å². The summed E-state index contributed by atoms with van der Waals surface area (Å²) in [6.07, 6.45) is 0.376. The summed E-state index contributed by atoms with van der Waals surface area (Å²) in [5.41, 5.74) is 2.49. The van der Waals surface area contributed by atoms with Gasteiger partial charge in [-0.1, -0.05) is 11.6 Å². The topological polar surface area (TPSA) is 71.6 Å². The van der Waals surface area contributed by atoms with E-state index in [9.17, 15) is 9.59 Å². The normalized spacial score (nSPS) is 25.7. The molecule has 9 heteroatoms. The summed E-state index contributed by atoms with van der Waals surface area (Å²) >= 11 is 6.51. The second kappa shape index (κ2) is 9.91. The Hall–Kier alpha value is -2.03. The molecule has 0 aliphatic carbocycles. The van der Waals surface area contributed by atoms with E-state index in [2.05, 4.69) is 0 Å². The predicted octanol–water partition coefficient (Wildman–Crippen LogP) is 4.24. The number of carbonyl (C=O) groups is 2. The van der Waals surface area contributed by atoms with Crippen molar-refractivity contribution in [2.24, 2.45) is 0 Å². The first-order chi connectivity index (χ1) is 16.0. The zero-order chi connectivity index (χ0) is 24.6. The van der Waals surface area contributed by atoms with Gasteiger partial charge in [-0.25, -0.2) is 9.59 Å². The molecule has 188 valence electrons. The molecule has 0 saturated carbocycles. The van der Waals surface area contributed by atoms with Crippen molar-refractivity contribution in [2.45, 2.75) is 71.4 Å². The third kappa shape index (κ3) is 5.61. The van der Waals surface area contributed by atoms with Crippen molar-refractivity contribution in [3.8, 4) is 0 Å². The summed E-state index contributed by atoms with van der Waals surface area (Å²) < 4.78 is 17.3. The Morgan fingerprint density at radius 3 is 2.47 bits per heavy atom. The molecule has 0 spiro atoms. The first kappa shape index (κ1) is 25.1. The lowest BCUT2D eigenvalue weighted by atomic mass is 9.90. The van der Waals surface area contributed by atoms with Gasteiger partial charge in [0.1, 0.15) is 5.60 Å². The van der Waals surface area contributed by atoms with Gasteiger partial charge in [0.05, 0.1) is 31.5 Å². The Morgan fingerprint density at radius 1 is 1.09 bits per heavy atom. The number of ether oxygens (including phenoxy) is 3. The molecule has 1 aromatic carbocycles. The average Bonchev–Trinajstić information content (AvgIpc) is 2.76. The predicted molar refractivity (Wildman–Crippen MR) is 129 cm³/mol. The third-order valence-corrected chi connectivity index (χ3v) is 6.64. The van der Waals surface area contributed by atoms with Gasteiger partial charge >= 0.3 is 12.1 Å². The summed E-state index contributed by atoms with van der Waals surface area (Å²) in [7, 11) is 0. The van der Waals surface area contributed by atoms with Crippen molar-refractivity contribution in [1.29, 1.82) is 0 Å². The van der Waals surface area contributed by atoms with Crippen molar-refractivity contribution in [3.05, 3.63) is 33.8 Å². The molecule has 0 bridgehead atoms. The van der Waals surface area contributed by atoms with Crippen molar-refractivity contribution in [2.75, 3.05) is 39.4 Å². The maximum atomic E-state index is 13.4. The smallest absolute Gasteiger partial charge is 0.410 e. The first-order valence-corrected chi connectivity index (χ1v) is 12.5. The highest BCUT2D eigenvalue weighted by atomic mass is 35.5. The maximum Gasteiger partial charge on any atom is 0.410 e. The minimum atomic E-state index is -0.594. The van der Waals surface area contributed by atoms with Gasteiger partial charge in [0.2, 0.25) is 0 Å². The van der Waals surface area contributed by atoms with Gasteiger partial charge in [0.15, 0.2) is 0 Å². The Bertz CT molecular complexity index is 924. The monoisotopic (exact) mass is 493 g/mol. The molecular formula is C25H36ClN3O5. The fourth-order valence-electron chi connectivity index (χ4n) is 5.05.